The highest BCUT2D eigenvalue weighted by Crippen LogP contribution is 2.14. The Morgan fingerprint density at radius 2 is 1.78 bits per heavy atom. The molecule has 2 aromatic rings. The minimum atomic E-state index is -0.653. The van der Waals surface area contributed by atoms with Crippen LogP contribution in [0, 0.1) is 0 Å². The van der Waals surface area contributed by atoms with Crippen molar-refractivity contribution in [3.63, 3.8) is 0 Å². The number of nitrogens with zero attached hydrogens (tertiary/aromatic N) is 1. The van der Waals surface area contributed by atoms with Gasteiger partial charge < -0.3 is 20.7 Å². The highest BCUT2D eigenvalue weighted by Gasteiger charge is 2.34. The fourth-order valence-electron chi connectivity index (χ4n) is 2.95. The van der Waals surface area contributed by atoms with Gasteiger partial charge in [-0.1, -0.05) is 60.7 Å². The van der Waals surface area contributed by atoms with Crippen LogP contribution in [-0.2, 0) is 20.9 Å². The maximum absolute atomic E-state index is 12.6. The molecule has 0 aliphatic carbocycles. The zero-order valence-corrected chi connectivity index (χ0v) is 15.7. The van der Waals surface area contributed by atoms with Crippen LogP contribution in [-0.4, -0.2) is 42.5 Å². The Labute approximate surface area is 165 Å². The molecule has 2 aromatic carbocycles. The molecule has 1 heterocycles. The minimum Gasteiger partial charge on any atom is -0.369 e. The van der Waals surface area contributed by atoms with Crippen LogP contribution in [0.1, 0.15) is 17.2 Å². The Morgan fingerprint density at radius 1 is 1.15 bits per heavy atom. The van der Waals surface area contributed by atoms with Gasteiger partial charge in [-0.2, -0.15) is 0 Å². The van der Waals surface area contributed by atoms with Gasteiger partial charge in [0, 0.05) is 19.1 Å². The summed E-state index contributed by atoms with van der Waals surface area (Å²) in [6, 6.07) is 18.2. The third kappa shape index (κ3) is 5.53. The minimum absolute atomic E-state index is 0. The lowest BCUT2D eigenvalue weighted by atomic mass is 10.1. The second-order valence-corrected chi connectivity index (χ2v) is 6.30. The zero-order valence-electron chi connectivity index (χ0n) is 14.9. The summed E-state index contributed by atoms with van der Waals surface area (Å²) in [5.74, 6) is -0.437. The van der Waals surface area contributed by atoms with Crippen LogP contribution < -0.4 is 11.1 Å². The van der Waals surface area contributed by atoms with Gasteiger partial charge in [0.1, 0.15) is 12.6 Å². The van der Waals surface area contributed by atoms with E-state index >= 15 is 0 Å². The molecule has 1 aliphatic rings. The van der Waals surface area contributed by atoms with Gasteiger partial charge in [-0.3, -0.25) is 9.59 Å². The van der Waals surface area contributed by atoms with Crippen LogP contribution >= 0.6 is 12.4 Å². The topological polar surface area (TPSA) is 84.7 Å². The maximum atomic E-state index is 12.6. The third-order valence-electron chi connectivity index (χ3n) is 4.42. The summed E-state index contributed by atoms with van der Waals surface area (Å²) in [4.78, 5) is 26.5. The van der Waals surface area contributed by atoms with Crippen LogP contribution in [0.3, 0.4) is 0 Å². The molecular weight excluding hydrogens is 366 g/mol. The Hall–Kier alpha value is -2.41. The van der Waals surface area contributed by atoms with Crippen molar-refractivity contribution in [1.29, 1.82) is 0 Å². The average Bonchev–Trinajstić information content (AvgIpc) is 2.69. The van der Waals surface area contributed by atoms with Crippen molar-refractivity contribution in [2.75, 3.05) is 19.8 Å². The molecule has 0 aromatic heterocycles. The lowest BCUT2D eigenvalue weighted by molar-refractivity contribution is -0.155. The first kappa shape index (κ1) is 20.9. The summed E-state index contributed by atoms with van der Waals surface area (Å²) in [5, 5.41) is 2.85. The van der Waals surface area contributed by atoms with Crippen molar-refractivity contribution >= 4 is 24.2 Å². The summed E-state index contributed by atoms with van der Waals surface area (Å²) < 4.78 is 5.29. The molecule has 0 saturated carbocycles. The van der Waals surface area contributed by atoms with E-state index in [1.807, 2.05) is 60.7 Å². The predicted octanol–water partition coefficient (Wildman–Crippen LogP) is 1.65. The van der Waals surface area contributed by atoms with Gasteiger partial charge in [0.05, 0.1) is 6.61 Å². The monoisotopic (exact) mass is 389 g/mol. The van der Waals surface area contributed by atoms with Crippen molar-refractivity contribution in [3.8, 4) is 0 Å². The summed E-state index contributed by atoms with van der Waals surface area (Å²) in [6.07, 6.45) is 0. The van der Waals surface area contributed by atoms with Crippen LogP contribution in [0.25, 0.3) is 0 Å². The number of rotatable bonds is 6. The van der Waals surface area contributed by atoms with Crippen LogP contribution in [0.15, 0.2) is 60.7 Å². The SMILES string of the molecule is Cl.NC(CNC(=O)[C@H]1COCC(=O)N1Cc1ccccc1)c1ccccc1. The first-order valence-electron chi connectivity index (χ1n) is 8.64. The second kappa shape index (κ2) is 10.1. The van der Waals surface area contributed by atoms with E-state index in [4.69, 9.17) is 10.5 Å². The van der Waals surface area contributed by atoms with Crippen molar-refractivity contribution in [3.05, 3.63) is 71.8 Å². The molecule has 0 radical (unpaired) electrons. The van der Waals surface area contributed by atoms with Gasteiger partial charge in [0.2, 0.25) is 11.8 Å². The highest BCUT2D eigenvalue weighted by molar-refractivity contribution is 5.89. The molecule has 1 saturated heterocycles. The van der Waals surface area contributed by atoms with E-state index in [0.717, 1.165) is 11.1 Å². The van der Waals surface area contributed by atoms with E-state index in [0.29, 0.717) is 13.1 Å². The van der Waals surface area contributed by atoms with Gasteiger partial charge >= 0.3 is 0 Å². The number of ether oxygens (including phenoxy) is 1. The van der Waals surface area contributed by atoms with Crippen molar-refractivity contribution in [2.45, 2.75) is 18.6 Å². The molecule has 1 unspecified atom stereocenters. The summed E-state index contributed by atoms with van der Waals surface area (Å²) in [6.45, 7) is 0.865. The number of benzene rings is 2. The van der Waals surface area contributed by atoms with E-state index < -0.39 is 6.04 Å². The van der Waals surface area contributed by atoms with Crippen LogP contribution in [0.4, 0.5) is 0 Å². The number of carbonyl (C=O) groups is 2. The molecule has 144 valence electrons. The molecule has 1 fully saturated rings. The molecule has 3 rings (SSSR count). The number of nitrogens with one attached hydrogen (secondary N) is 1. The standard InChI is InChI=1S/C20H23N3O3.ClH/c21-17(16-9-5-2-6-10-16)11-22-20(25)18-13-26-14-19(24)23(18)12-15-7-3-1-4-8-15;/h1-10,17-18H,11-14,21H2,(H,22,25);1H/t17?,18-;/m1./s1. The Bertz CT molecular complexity index is 743. The lowest BCUT2D eigenvalue weighted by Crippen LogP contribution is -2.56. The largest absolute Gasteiger partial charge is 0.369 e. The van der Waals surface area contributed by atoms with Gasteiger partial charge in [0.15, 0.2) is 0 Å². The van der Waals surface area contributed by atoms with Crippen LogP contribution in [0.5, 0.6) is 0 Å². The van der Waals surface area contributed by atoms with E-state index in [9.17, 15) is 9.59 Å². The first-order valence-corrected chi connectivity index (χ1v) is 8.64. The number of morpholine rings is 1. The van der Waals surface area contributed by atoms with Crippen LogP contribution in [0.2, 0.25) is 0 Å². The number of hydrogen-bond acceptors (Lipinski definition) is 4. The Kier molecular flexibility index (Phi) is 7.79. The summed E-state index contributed by atoms with van der Waals surface area (Å²) >= 11 is 0. The maximum Gasteiger partial charge on any atom is 0.249 e. The van der Waals surface area contributed by atoms with E-state index in [-0.39, 0.29) is 43.5 Å². The number of nitrogens with two attached hydrogens (primary N) is 1. The first-order chi connectivity index (χ1) is 12.6. The highest BCUT2D eigenvalue weighted by atomic mass is 35.5. The number of halogens is 1. The molecule has 2 atom stereocenters. The smallest absolute Gasteiger partial charge is 0.249 e. The summed E-state index contributed by atoms with van der Waals surface area (Å²) in [7, 11) is 0. The molecule has 6 nitrogen and oxygen atoms in total. The molecule has 0 spiro atoms. The van der Waals surface area contributed by atoms with Crippen molar-refractivity contribution < 1.29 is 14.3 Å². The van der Waals surface area contributed by atoms with Crippen molar-refractivity contribution in [2.24, 2.45) is 5.73 Å². The predicted molar refractivity (Wildman–Crippen MR) is 105 cm³/mol. The fraction of sp³-hybridized carbons (Fsp3) is 0.300. The van der Waals surface area contributed by atoms with Gasteiger partial charge in [-0.25, -0.2) is 0 Å². The van der Waals surface area contributed by atoms with E-state index in [1.54, 1.807) is 4.90 Å². The van der Waals surface area contributed by atoms with E-state index in [1.165, 1.54) is 0 Å². The third-order valence-corrected chi connectivity index (χ3v) is 4.42. The molecule has 7 heteroatoms. The number of hydrogen-bond donors (Lipinski definition) is 2. The van der Waals surface area contributed by atoms with E-state index in [2.05, 4.69) is 5.32 Å². The molecular formula is C20H24ClN3O3. The summed E-state index contributed by atoms with van der Waals surface area (Å²) in [5.41, 5.74) is 8.05. The second-order valence-electron chi connectivity index (χ2n) is 6.30. The van der Waals surface area contributed by atoms with Gasteiger partial charge in [-0.15, -0.1) is 12.4 Å². The number of carbonyl (C=O) groups excluding carboxylic acids is 2. The Balaban J connectivity index is 0.00000261. The van der Waals surface area contributed by atoms with Gasteiger partial charge in [0.25, 0.3) is 0 Å². The quantitative estimate of drug-likeness (QED) is 0.786. The average molecular weight is 390 g/mol. The number of amides is 2. The Morgan fingerprint density at radius 3 is 2.44 bits per heavy atom. The molecule has 27 heavy (non-hydrogen) atoms. The fourth-order valence-corrected chi connectivity index (χ4v) is 2.95. The molecule has 1 aliphatic heterocycles. The lowest BCUT2D eigenvalue weighted by Gasteiger charge is -2.34. The molecule has 0 bridgehead atoms. The normalized spacial score (nSPS) is 17.7. The van der Waals surface area contributed by atoms with Crippen molar-refractivity contribution in [1.82, 2.24) is 10.2 Å². The zero-order chi connectivity index (χ0) is 18.4. The molecule has 3 N–H and O–H groups in total. The van der Waals surface area contributed by atoms with Gasteiger partial charge in [-0.05, 0) is 11.1 Å². The molecule has 2 amide bonds.